The van der Waals surface area contributed by atoms with Crippen molar-refractivity contribution in [1.82, 2.24) is 0 Å². The van der Waals surface area contributed by atoms with Crippen LogP contribution in [0.1, 0.15) is 22.3 Å². The minimum Gasteiger partial charge on any atom is -0.464 e. The van der Waals surface area contributed by atoms with Crippen LogP contribution in [0, 0.1) is 13.8 Å². The van der Waals surface area contributed by atoms with E-state index >= 15 is 0 Å². The summed E-state index contributed by atoms with van der Waals surface area (Å²) in [5.74, 6) is -0.206. The Morgan fingerprint density at radius 1 is 0.542 bits per heavy atom. The number of benzene rings is 6. The van der Waals surface area contributed by atoms with Crippen molar-refractivity contribution in [3.05, 3.63) is 144 Å². The first kappa shape index (κ1) is 29.3. The molecule has 0 bridgehead atoms. The number of carbonyl (C=O) groups excluding carboxylic acids is 2. The van der Waals surface area contributed by atoms with Crippen LogP contribution in [0.4, 0.5) is 11.4 Å². The summed E-state index contributed by atoms with van der Waals surface area (Å²) < 4.78 is 11.6. The van der Waals surface area contributed by atoms with Gasteiger partial charge in [0.2, 0.25) is 11.8 Å². The molecule has 0 radical (unpaired) electrons. The van der Waals surface area contributed by atoms with E-state index in [2.05, 4.69) is 47.0 Å². The number of nitrogens with one attached hydrogen (secondary N) is 2. The van der Waals surface area contributed by atoms with Crippen LogP contribution in [0.3, 0.4) is 0 Å². The van der Waals surface area contributed by atoms with Crippen LogP contribution in [0.25, 0.3) is 54.6 Å². The first-order chi connectivity index (χ1) is 23.4. The Kier molecular flexibility index (Phi) is 7.26. The largest absolute Gasteiger partial charge is 0.464 e. The van der Waals surface area contributed by atoms with Crippen LogP contribution >= 0.6 is 0 Å². The highest BCUT2D eigenvalue weighted by Gasteiger charge is 2.16. The second-order valence-electron chi connectivity index (χ2n) is 12.4. The normalized spacial score (nSPS) is 11.5. The van der Waals surface area contributed by atoms with Crippen LogP contribution in [0.5, 0.6) is 0 Å². The number of fused-ring (bicyclic) bond motifs is 6. The van der Waals surface area contributed by atoms with Crippen molar-refractivity contribution >= 4 is 66.7 Å². The van der Waals surface area contributed by atoms with Gasteiger partial charge in [-0.05, 0) is 94.0 Å². The summed E-state index contributed by atoms with van der Waals surface area (Å²) in [7, 11) is 0. The van der Waals surface area contributed by atoms with E-state index in [4.69, 9.17) is 8.83 Å². The standard InChI is InChI=1S/C42H32N2O4/c1-25-19-29(11-15-35(25)43-39(45)21-31-23-47-37-17-13-27-7-3-5-9-33(27)41(31)37)30-12-16-36(26(2)20-30)44-40(46)22-32-24-48-38-18-14-28-8-4-6-10-34(28)42(32)38/h3-20,23-24H,21-22H2,1-2H3,(H,43,45)(H,44,46). The Morgan fingerprint density at radius 2 is 0.979 bits per heavy atom. The topological polar surface area (TPSA) is 84.5 Å². The molecule has 0 aliphatic carbocycles. The zero-order valence-corrected chi connectivity index (χ0v) is 26.6. The molecule has 2 aromatic heterocycles. The van der Waals surface area contributed by atoms with E-state index in [0.29, 0.717) is 0 Å². The van der Waals surface area contributed by atoms with Crippen molar-refractivity contribution in [1.29, 1.82) is 0 Å². The third-order valence-electron chi connectivity index (χ3n) is 9.12. The van der Waals surface area contributed by atoms with E-state index in [9.17, 15) is 9.59 Å². The molecule has 0 atom stereocenters. The molecule has 0 saturated carbocycles. The predicted octanol–water partition coefficient (Wildman–Crippen LogP) is 10.1. The molecule has 2 N–H and O–H groups in total. The lowest BCUT2D eigenvalue weighted by molar-refractivity contribution is -0.116. The van der Waals surface area contributed by atoms with Crippen molar-refractivity contribution in [3.8, 4) is 11.1 Å². The average Bonchev–Trinajstić information content (AvgIpc) is 3.70. The number of rotatable bonds is 7. The van der Waals surface area contributed by atoms with Gasteiger partial charge in [0, 0.05) is 33.3 Å². The summed E-state index contributed by atoms with van der Waals surface area (Å²) in [5.41, 5.74) is 8.77. The predicted molar refractivity (Wildman–Crippen MR) is 193 cm³/mol. The third kappa shape index (κ3) is 5.37. The van der Waals surface area contributed by atoms with Crippen molar-refractivity contribution in [3.63, 3.8) is 0 Å². The minimum absolute atomic E-state index is 0.103. The molecule has 0 unspecified atom stereocenters. The van der Waals surface area contributed by atoms with Crippen LogP contribution < -0.4 is 10.6 Å². The molecule has 2 amide bonds. The monoisotopic (exact) mass is 628 g/mol. The summed E-state index contributed by atoms with van der Waals surface area (Å²) in [4.78, 5) is 26.3. The summed E-state index contributed by atoms with van der Waals surface area (Å²) >= 11 is 0. The number of aryl methyl sites for hydroxylation is 2. The minimum atomic E-state index is -0.103. The molecular weight excluding hydrogens is 596 g/mol. The number of furan rings is 2. The SMILES string of the molecule is Cc1cc(-c2ccc(NC(=O)Cc3coc4ccc5ccccc5c34)c(C)c2)ccc1NC(=O)Cc1coc2ccc3ccccc3c12. The molecule has 0 spiro atoms. The lowest BCUT2D eigenvalue weighted by Gasteiger charge is -2.13. The summed E-state index contributed by atoms with van der Waals surface area (Å²) in [5, 5.41) is 12.5. The lowest BCUT2D eigenvalue weighted by Crippen LogP contribution is -2.15. The molecule has 2 heterocycles. The summed E-state index contributed by atoms with van der Waals surface area (Å²) in [6, 6.07) is 36.3. The van der Waals surface area contributed by atoms with E-state index in [0.717, 1.165) is 88.2 Å². The fourth-order valence-corrected chi connectivity index (χ4v) is 6.71. The number of carbonyl (C=O) groups is 2. The molecule has 0 aliphatic heterocycles. The van der Waals surface area contributed by atoms with Gasteiger partial charge in [0.1, 0.15) is 11.2 Å². The molecule has 48 heavy (non-hydrogen) atoms. The van der Waals surface area contributed by atoms with Gasteiger partial charge in [0.25, 0.3) is 0 Å². The first-order valence-electron chi connectivity index (χ1n) is 16.0. The molecule has 234 valence electrons. The summed E-state index contributed by atoms with van der Waals surface area (Å²) in [6.45, 7) is 3.98. The molecule has 6 aromatic carbocycles. The number of hydrogen-bond donors (Lipinski definition) is 2. The number of anilines is 2. The van der Waals surface area contributed by atoms with E-state index < -0.39 is 0 Å². The Balaban J connectivity index is 0.953. The molecular formula is C42H32N2O4. The lowest BCUT2D eigenvalue weighted by atomic mass is 9.99. The van der Waals surface area contributed by atoms with Gasteiger partial charge < -0.3 is 19.5 Å². The quantitative estimate of drug-likeness (QED) is 0.184. The van der Waals surface area contributed by atoms with Gasteiger partial charge in [-0.1, -0.05) is 72.8 Å². The van der Waals surface area contributed by atoms with Crippen molar-refractivity contribution in [2.45, 2.75) is 26.7 Å². The van der Waals surface area contributed by atoms with Crippen molar-refractivity contribution in [2.75, 3.05) is 10.6 Å². The fraction of sp³-hybridized carbons (Fsp3) is 0.0952. The Morgan fingerprint density at radius 3 is 1.42 bits per heavy atom. The van der Waals surface area contributed by atoms with Crippen molar-refractivity contribution in [2.24, 2.45) is 0 Å². The van der Waals surface area contributed by atoms with Gasteiger partial charge >= 0.3 is 0 Å². The third-order valence-corrected chi connectivity index (χ3v) is 9.12. The van der Waals surface area contributed by atoms with Gasteiger partial charge in [0.05, 0.1) is 25.4 Å². The fourth-order valence-electron chi connectivity index (χ4n) is 6.71. The van der Waals surface area contributed by atoms with E-state index in [1.807, 2.05) is 86.6 Å². The average molecular weight is 629 g/mol. The van der Waals surface area contributed by atoms with Gasteiger partial charge in [-0.3, -0.25) is 9.59 Å². The number of amides is 2. The zero-order chi connectivity index (χ0) is 32.8. The van der Waals surface area contributed by atoms with E-state index in [1.54, 1.807) is 12.5 Å². The molecule has 8 aromatic rings. The molecule has 0 saturated heterocycles. The highest BCUT2D eigenvalue weighted by molar-refractivity contribution is 6.10. The van der Waals surface area contributed by atoms with Crippen LogP contribution in [-0.2, 0) is 22.4 Å². The highest BCUT2D eigenvalue weighted by atomic mass is 16.3. The number of hydrogen-bond acceptors (Lipinski definition) is 4. The molecule has 6 nitrogen and oxygen atoms in total. The molecule has 0 aliphatic rings. The molecule has 6 heteroatoms. The Hall–Kier alpha value is -6.14. The van der Waals surface area contributed by atoms with Gasteiger partial charge in [-0.25, -0.2) is 0 Å². The van der Waals surface area contributed by atoms with E-state index in [1.165, 1.54) is 0 Å². The first-order valence-corrected chi connectivity index (χ1v) is 16.0. The Bertz CT molecular complexity index is 2360. The zero-order valence-electron chi connectivity index (χ0n) is 26.6. The Labute approximate surface area is 277 Å². The van der Waals surface area contributed by atoms with E-state index in [-0.39, 0.29) is 24.7 Å². The molecule has 8 rings (SSSR count). The highest BCUT2D eigenvalue weighted by Crippen LogP contribution is 2.33. The molecule has 0 fully saturated rings. The van der Waals surface area contributed by atoms with Crippen molar-refractivity contribution < 1.29 is 18.4 Å². The maximum Gasteiger partial charge on any atom is 0.228 e. The van der Waals surface area contributed by atoms with Gasteiger partial charge in [-0.15, -0.1) is 0 Å². The van der Waals surface area contributed by atoms with Gasteiger partial charge in [0.15, 0.2) is 0 Å². The van der Waals surface area contributed by atoms with Crippen LogP contribution in [0.2, 0.25) is 0 Å². The van der Waals surface area contributed by atoms with Crippen LogP contribution in [-0.4, -0.2) is 11.8 Å². The smallest absolute Gasteiger partial charge is 0.228 e. The second-order valence-corrected chi connectivity index (χ2v) is 12.4. The summed E-state index contributed by atoms with van der Waals surface area (Å²) in [6.07, 6.45) is 3.79. The van der Waals surface area contributed by atoms with Gasteiger partial charge in [-0.2, -0.15) is 0 Å². The maximum atomic E-state index is 13.2. The second kappa shape index (κ2) is 11.9. The van der Waals surface area contributed by atoms with Crippen LogP contribution in [0.15, 0.2) is 131 Å². The maximum absolute atomic E-state index is 13.2.